The van der Waals surface area contributed by atoms with Crippen molar-refractivity contribution in [2.75, 3.05) is 0 Å². The molecule has 0 N–H and O–H groups in total. The lowest BCUT2D eigenvalue weighted by Gasteiger charge is -2.22. The van der Waals surface area contributed by atoms with Gasteiger partial charge in [-0.05, 0) is 86.6 Å². The van der Waals surface area contributed by atoms with Gasteiger partial charge in [0, 0.05) is 5.56 Å². The highest BCUT2D eigenvalue weighted by Gasteiger charge is 2.22. The maximum absolute atomic E-state index is 14.2. The van der Waals surface area contributed by atoms with Crippen LogP contribution in [0.5, 0.6) is 0 Å². The van der Waals surface area contributed by atoms with E-state index < -0.39 is 5.38 Å². The highest BCUT2D eigenvalue weighted by atomic mass is 35.5. The monoisotopic (exact) mass is 304 g/mol. The summed E-state index contributed by atoms with van der Waals surface area (Å²) in [4.78, 5) is 0. The Morgan fingerprint density at radius 3 is 1.76 bits per heavy atom. The molecule has 0 amide bonds. The Balaban J connectivity index is 2.66. The van der Waals surface area contributed by atoms with Gasteiger partial charge in [0.1, 0.15) is 5.82 Å². The molecule has 2 rings (SSSR count). The quantitative estimate of drug-likeness (QED) is 0.596. The molecular formula is C19H22ClF. The molecule has 0 saturated heterocycles. The highest BCUT2D eigenvalue weighted by molar-refractivity contribution is 6.22. The molecule has 0 fully saturated rings. The van der Waals surface area contributed by atoms with Crippen LogP contribution in [0, 0.1) is 47.4 Å². The summed E-state index contributed by atoms with van der Waals surface area (Å²) in [5, 5.41) is -0.455. The van der Waals surface area contributed by atoms with Gasteiger partial charge < -0.3 is 0 Å². The van der Waals surface area contributed by atoms with Crippen molar-refractivity contribution in [1.29, 1.82) is 0 Å². The number of benzene rings is 2. The molecule has 0 aliphatic heterocycles. The van der Waals surface area contributed by atoms with E-state index in [4.69, 9.17) is 11.6 Å². The van der Waals surface area contributed by atoms with Crippen LogP contribution < -0.4 is 0 Å². The summed E-state index contributed by atoms with van der Waals surface area (Å²) in [5.41, 5.74) is 8.60. The molecule has 2 aromatic carbocycles. The van der Waals surface area contributed by atoms with Gasteiger partial charge in [-0.2, -0.15) is 0 Å². The van der Waals surface area contributed by atoms with E-state index in [0.29, 0.717) is 5.56 Å². The fraction of sp³-hybridized carbons (Fsp3) is 0.368. The van der Waals surface area contributed by atoms with Gasteiger partial charge in [-0.3, -0.25) is 0 Å². The number of rotatable bonds is 2. The van der Waals surface area contributed by atoms with Crippen molar-refractivity contribution in [2.24, 2.45) is 0 Å². The van der Waals surface area contributed by atoms with Crippen LogP contribution in [-0.2, 0) is 0 Å². The van der Waals surface area contributed by atoms with Crippen LogP contribution in [0.25, 0.3) is 0 Å². The molecule has 0 heterocycles. The Hall–Kier alpha value is -1.34. The molecule has 0 saturated carbocycles. The zero-order valence-electron chi connectivity index (χ0n) is 13.6. The average molecular weight is 305 g/mol. The lowest BCUT2D eigenvalue weighted by Crippen LogP contribution is -2.07. The number of halogens is 2. The molecule has 0 spiro atoms. The lowest BCUT2D eigenvalue weighted by molar-refractivity contribution is 0.610. The van der Waals surface area contributed by atoms with Gasteiger partial charge in [-0.15, -0.1) is 11.6 Å². The number of hydrogen-bond donors (Lipinski definition) is 0. The zero-order valence-corrected chi connectivity index (χ0v) is 14.3. The topological polar surface area (TPSA) is 0 Å². The second-order valence-corrected chi connectivity index (χ2v) is 6.36. The first-order valence-corrected chi connectivity index (χ1v) is 7.66. The van der Waals surface area contributed by atoms with Crippen LogP contribution in [0.4, 0.5) is 4.39 Å². The van der Waals surface area contributed by atoms with Gasteiger partial charge in [-0.25, -0.2) is 4.39 Å². The third-order valence-corrected chi connectivity index (χ3v) is 5.19. The van der Waals surface area contributed by atoms with Gasteiger partial charge in [0.15, 0.2) is 0 Å². The van der Waals surface area contributed by atoms with Gasteiger partial charge >= 0.3 is 0 Å². The van der Waals surface area contributed by atoms with E-state index in [0.717, 1.165) is 22.3 Å². The van der Waals surface area contributed by atoms with Crippen molar-refractivity contribution in [1.82, 2.24) is 0 Å². The van der Waals surface area contributed by atoms with E-state index in [2.05, 4.69) is 34.6 Å². The van der Waals surface area contributed by atoms with Crippen LogP contribution in [0.1, 0.15) is 49.9 Å². The second kappa shape index (κ2) is 5.81. The van der Waals surface area contributed by atoms with Crippen molar-refractivity contribution in [3.05, 3.63) is 68.5 Å². The third kappa shape index (κ3) is 2.72. The molecule has 1 unspecified atom stereocenters. The summed E-state index contributed by atoms with van der Waals surface area (Å²) in [6.07, 6.45) is 0. The molecule has 112 valence electrons. The standard InChI is InChI=1S/C19H22ClF/c1-10-7-8-16(17(21)9-10)19(20)18-14(5)12(3)11(2)13(4)15(18)6/h7-9,19H,1-6H3. The molecule has 2 aromatic rings. The van der Waals surface area contributed by atoms with Gasteiger partial charge in [0.05, 0.1) is 5.38 Å². The SMILES string of the molecule is Cc1ccc(C(Cl)c2c(C)c(C)c(C)c(C)c2C)c(F)c1. The number of aryl methyl sites for hydroxylation is 1. The van der Waals surface area contributed by atoms with Crippen LogP contribution >= 0.6 is 11.6 Å². The maximum Gasteiger partial charge on any atom is 0.128 e. The van der Waals surface area contributed by atoms with E-state index in [-0.39, 0.29) is 5.82 Å². The van der Waals surface area contributed by atoms with Crippen LogP contribution in [0.3, 0.4) is 0 Å². The lowest BCUT2D eigenvalue weighted by atomic mass is 9.86. The predicted molar refractivity (Wildman–Crippen MR) is 89.0 cm³/mol. The van der Waals surface area contributed by atoms with E-state index >= 15 is 0 Å². The first kappa shape index (κ1) is 16.0. The van der Waals surface area contributed by atoms with Gasteiger partial charge in [0.25, 0.3) is 0 Å². The van der Waals surface area contributed by atoms with E-state index in [1.165, 1.54) is 16.7 Å². The number of hydrogen-bond acceptors (Lipinski definition) is 0. The van der Waals surface area contributed by atoms with Crippen molar-refractivity contribution in [2.45, 2.75) is 46.9 Å². The molecule has 2 heteroatoms. The van der Waals surface area contributed by atoms with E-state index in [9.17, 15) is 4.39 Å². The largest absolute Gasteiger partial charge is 0.207 e. The van der Waals surface area contributed by atoms with E-state index in [1.54, 1.807) is 12.1 Å². The fourth-order valence-corrected chi connectivity index (χ4v) is 3.41. The molecule has 1 atom stereocenters. The Morgan fingerprint density at radius 2 is 1.29 bits per heavy atom. The Morgan fingerprint density at radius 1 is 0.810 bits per heavy atom. The molecule has 0 aliphatic rings. The molecule has 0 radical (unpaired) electrons. The van der Waals surface area contributed by atoms with Crippen molar-refractivity contribution >= 4 is 11.6 Å². The molecule has 0 aromatic heterocycles. The highest BCUT2D eigenvalue weighted by Crippen LogP contribution is 2.38. The van der Waals surface area contributed by atoms with Crippen molar-refractivity contribution < 1.29 is 4.39 Å². The maximum atomic E-state index is 14.2. The summed E-state index contributed by atoms with van der Waals surface area (Å²) in [6.45, 7) is 12.4. The molecule has 21 heavy (non-hydrogen) atoms. The van der Waals surface area contributed by atoms with Crippen LogP contribution in [-0.4, -0.2) is 0 Å². The minimum atomic E-state index is -0.455. The first-order chi connectivity index (χ1) is 9.75. The predicted octanol–water partition coefficient (Wildman–Crippen LogP) is 6.00. The number of alkyl halides is 1. The Bertz CT molecular complexity index is 672. The minimum absolute atomic E-state index is 0.232. The second-order valence-electron chi connectivity index (χ2n) is 5.93. The van der Waals surface area contributed by atoms with Crippen LogP contribution in [0.15, 0.2) is 18.2 Å². The van der Waals surface area contributed by atoms with Gasteiger partial charge in [-0.1, -0.05) is 12.1 Å². The summed E-state index contributed by atoms with van der Waals surface area (Å²) >= 11 is 6.66. The van der Waals surface area contributed by atoms with Crippen molar-refractivity contribution in [3.8, 4) is 0 Å². The van der Waals surface area contributed by atoms with E-state index in [1.807, 2.05) is 13.0 Å². The average Bonchev–Trinajstić information content (AvgIpc) is 2.43. The molecule has 0 bridgehead atoms. The fourth-order valence-electron chi connectivity index (χ4n) is 2.90. The molecule has 0 aliphatic carbocycles. The van der Waals surface area contributed by atoms with Gasteiger partial charge in [0.2, 0.25) is 0 Å². The third-order valence-electron chi connectivity index (χ3n) is 4.74. The Labute approximate surface area is 132 Å². The smallest absolute Gasteiger partial charge is 0.128 e. The minimum Gasteiger partial charge on any atom is -0.207 e. The molecule has 0 nitrogen and oxygen atoms in total. The normalized spacial score (nSPS) is 12.6. The summed E-state index contributed by atoms with van der Waals surface area (Å²) in [5.74, 6) is -0.232. The first-order valence-electron chi connectivity index (χ1n) is 7.22. The summed E-state index contributed by atoms with van der Waals surface area (Å²) in [6, 6.07) is 5.25. The summed E-state index contributed by atoms with van der Waals surface area (Å²) in [7, 11) is 0. The Kier molecular flexibility index (Phi) is 4.43. The zero-order chi connectivity index (χ0) is 15.9. The molecular weight excluding hydrogens is 283 g/mol. The van der Waals surface area contributed by atoms with Crippen molar-refractivity contribution in [3.63, 3.8) is 0 Å². The summed E-state index contributed by atoms with van der Waals surface area (Å²) < 4.78 is 14.2. The van der Waals surface area contributed by atoms with Crippen LogP contribution in [0.2, 0.25) is 0 Å².